The summed E-state index contributed by atoms with van der Waals surface area (Å²) in [5, 5.41) is 5.98. The van der Waals surface area contributed by atoms with Gasteiger partial charge in [-0.15, -0.1) is 0 Å². The molecule has 0 spiro atoms. The summed E-state index contributed by atoms with van der Waals surface area (Å²) in [4.78, 5) is 35.9. The van der Waals surface area contributed by atoms with E-state index in [1.165, 1.54) is 13.0 Å². The molecule has 146 valence electrons. The molecule has 2 N–H and O–H groups in total. The molecule has 0 fully saturated rings. The average Bonchev–Trinajstić information content (AvgIpc) is 2.68. The molecule has 3 aromatic rings. The van der Waals surface area contributed by atoms with Gasteiger partial charge in [0.25, 0.3) is 11.8 Å². The molecule has 0 heterocycles. The van der Waals surface area contributed by atoms with Gasteiger partial charge in [-0.25, -0.2) is 0 Å². The normalized spacial score (nSPS) is 10.1. The van der Waals surface area contributed by atoms with E-state index in [-0.39, 0.29) is 17.6 Å². The Kier molecular flexibility index (Phi) is 6.26. The zero-order valence-electron chi connectivity index (χ0n) is 15.4. The summed E-state index contributed by atoms with van der Waals surface area (Å²) in [6.07, 6.45) is 0. The standard InChI is InChI=1S/C22H17ClN2O4/c1-14(26)29-20-10-3-6-16(12-20)22(28)25-19-9-4-8-18(13-19)24-21(27)15-5-2-7-17(23)11-15/h2-13H,1H3,(H,24,27)(H,25,28). The highest BCUT2D eigenvalue weighted by Crippen LogP contribution is 2.19. The lowest BCUT2D eigenvalue weighted by Gasteiger charge is -2.10. The van der Waals surface area contributed by atoms with Crippen molar-refractivity contribution in [2.45, 2.75) is 6.92 Å². The monoisotopic (exact) mass is 408 g/mol. The molecular weight excluding hydrogens is 392 g/mol. The van der Waals surface area contributed by atoms with Crippen molar-refractivity contribution in [3.8, 4) is 5.75 Å². The lowest BCUT2D eigenvalue weighted by molar-refractivity contribution is -0.131. The fourth-order valence-corrected chi connectivity index (χ4v) is 2.77. The number of ether oxygens (including phenoxy) is 1. The van der Waals surface area contributed by atoms with Crippen molar-refractivity contribution in [3.63, 3.8) is 0 Å². The van der Waals surface area contributed by atoms with Crippen LogP contribution in [0.25, 0.3) is 0 Å². The molecule has 0 aliphatic heterocycles. The van der Waals surface area contributed by atoms with Crippen molar-refractivity contribution in [1.29, 1.82) is 0 Å². The first-order valence-corrected chi connectivity index (χ1v) is 9.05. The number of hydrogen-bond acceptors (Lipinski definition) is 4. The number of amides is 2. The van der Waals surface area contributed by atoms with Gasteiger partial charge in [-0.1, -0.05) is 29.8 Å². The third kappa shape index (κ3) is 5.67. The summed E-state index contributed by atoms with van der Waals surface area (Å²) in [5.74, 6) is -0.874. The predicted octanol–water partition coefficient (Wildman–Crippen LogP) is 4.77. The summed E-state index contributed by atoms with van der Waals surface area (Å²) in [6, 6.07) is 19.6. The third-order valence-corrected chi connectivity index (χ3v) is 4.06. The van der Waals surface area contributed by atoms with Crippen LogP contribution in [-0.4, -0.2) is 17.8 Å². The first-order chi connectivity index (χ1) is 13.9. The Hall–Kier alpha value is -3.64. The first-order valence-electron chi connectivity index (χ1n) is 8.67. The zero-order valence-corrected chi connectivity index (χ0v) is 16.2. The largest absolute Gasteiger partial charge is 0.427 e. The van der Waals surface area contributed by atoms with Gasteiger partial charge >= 0.3 is 5.97 Å². The van der Waals surface area contributed by atoms with Crippen LogP contribution >= 0.6 is 11.6 Å². The predicted molar refractivity (Wildman–Crippen MR) is 112 cm³/mol. The van der Waals surface area contributed by atoms with Gasteiger partial charge in [0, 0.05) is 34.4 Å². The number of nitrogens with one attached hydrogen (secondary N) is 2. The van der Waals surface area contributed by atoms with Crippen LogP contribution in [0.2, 0.25) is 5.02 Å². The number of esters is 1. The van der Waals surface area contributed by atoms with Gasteiger partial charge in [0.2, 0.25) is 0 Å². The Labute approximate surface area is 172 Å². The van der Waals surface area contributed by atoms with Crippen LogP contribution in [0.3, 0.4) is 0 Å². The lowest BCUT2D eigenvalue weighted by atomic mass is 10.2. The van der Waals surface area contributed by atoms with Crippen molar-refractivity contribution in [3.05, 3.63) is 88.9 Å². The molecule has 0 radical (unpaired) electrons. The number of hydrogen-bond donors (Lipinski definition) is 2. The van der Waals surface area contributed by atoms with Gasteiger partial charge in [-0.3, -0.25) is 14.4 Å². The van der Waals surface area contributed by atoms with Crippen LogP contribution in [0.4, 0.5) is 11.4 Å². The van der Waals surface area contributed by atoms with E-state index in [0.29, 0.717) is 27.5 Å². The van der Waals surface area contributed by atoms with Gasteiger partial charge in [-0.2, -0.15) is 0 Å². The van der Waals surface area contributed by atoms with E-state index >= 15 is 0 Å². The minimum atomic E-state index is -0.467. The summed E-state index contributed by atoms with van der Waals surface area (Å²) in [7, 11) is 0. The highest BCUT2D eigenvalue weighted by Gasteiger charge is 2.10. The highest BCUT2D eigenvalue weighted by molar-refractivity contribution is 6.31. The van der Waals surface area contributed by atoms with E-state index < -0.39 is 5.97 Å². The van der Waals surface area contributed by atoms with Crippen molar-refractivity contribution in [2.24, 2.45) is 0 Å². The number of carbonyl (C=O) groups is 3. The topological polar surface area (TPSA) is 84.5 Å². The lowest BCUT2D eigenvalue weighted by Crippen LogP contribution is -2.14. The van der Waals surface area contributed by atoms with E-state index in [4.69, 9.17) is 16.3 Å². The van der Waals surface area contributed by atoms with Gasteiger partial charge in [0.15, 0.2) is 0 Å². The molecule has 7 heteroatoms. The number of anilines is 2. The molecule has 6 nitrogen and oxygen atoms in total. The van der Waals surface area contributed by atoms with E-state index in [1.54, 1.807) is 66.7 Å². The quantitative estimate of drug-likeness (QED) is 0.470. The van der Waals surface area contributed by atoms with Gasteiger partial charge in [0.05, 0.1) is 0 Å². The van der Waals surface area contributed by atoms with E-state index in [1.807, 2.05) is 0 Å². The third-order valence-electron chi connectivity index (χ3n) is 3.82. The number of carbonyl (C=O) groups excluding carboxylic acids is 3. The smallest absolute Gasteiger partial charge is 0.308 e. The van der Waals surface area contributed by atoms with Crippen molar-refractivity contribution >= 4 is 40.8 Å². The van der Waals surface area contributed by atoms with Crippen LogP contribution in [-0.2, 0) is 4.79 Å². The van der Waals surface area contributed by atoms with Gasteiger partial charge in [0.1, 0.15) is 5.75 Å². The zero-order chi connectivity index (χ0) is 20.8. The summed E-state index contributed by atoms with van der Waals surface area (Å²) in [5.41, 5.74) is 1.77. The second kappa shape index (κ2) is 9.03. The molecule has 0 saturated carbocycles. The SMILES string of the molecule is CC(=O)Oc1cccc(C(=O)Nc2cccc(NC(=O)c3cccc(Cl)c3)c2)c1. The van der Waals surface area contributed by atoms with Gasteiger partial charge < -0.3 is 15.4 Å². The summed E-state index contributed by atoms with van der Waals surface area (Å²) >= 11 is 5.92. The molecule has 0 aromatic heterocycles. The maximum atomic E-state index is 12.5. The summed E-state index contributed by atoms with van der Waals surface area (Å²) < 4.78 is 4.99. The molecule has 3 aromatic carbocycles. The molecule has 3 rings (SSSR count). The van der Waals surface area contributed by atoms with Crippen molar-refractivity contribution in [1.82, 2.24) is 0 Å². The van der Waals surface area contributed by atoms with E-state index in [2.05, 4.69) is 10.6 Å². The van der Waals surface area contributed by atoms with Crippen LogP contribution in [0.5, 0.6) is 5.75 Å². The highest BCUT2D eigenvalue weighted by atomic mass is 35.5. The Morgan fingerprint density at radius 3 is 1.90 bits per heavy atom. The van der Waals surface area contributed by atoms with Crippen LogP contribution < -0.4 is 15.4 Å². The number of halogens is 1. The Morgan fingerprint density at radius 2 is 1.31 bits per heavy atom. The number of benzene rings is 3. The molecule has 0 saturated heterocycles. The fraction of sp³-hybridized carbons (Fsp3) is 0.0455. The van der Waals surface area contributed by atoms with E-state index in [0.717, 1.165) is 0 Å². The molecule has 0 atom stereocenters. The molecule has 29 heavy (non-hydrogen) atoms. The Bertz CT molecular complexity index is 1080. The molecule has 0 aliphatic carbocycles. The Balaban J connectivity index is 1.70. The molecule has 0 bridgehead atoms. The second-order valence-corrected chi connectivity index (χ2v) is 6.56. The minimum Gasteiger partial charge on any atom is -0.427 e. The summed E-state index contributed by atoms with van der Waals surface area (Å²) in [6.45, 7) is 1.29. The van der Waals surface area contributed by atoms with Crippen LogP contribution in [0, 0.1) is 0 Å². The maximum Gasteiger partial charge on any atom is 0.308 e. The van der Waals surface area contributed by atoms with Crippen molar-refractivity contribution in [2.75, 3.05) is 10.6 Å². The van der Waals surface area contributed by atoms with E-state index in [9.17, 15) is 14.4 Å². The van der Waals surface area contributed by atoms with Crippen LogP contribution in [0.15, 0.2) is 72.8 Å². The molecule has 2 amide bonds. The maximum absolute atomic E-state index is 12.5. The molecule has 0 aliphatic rings. The first kappa shape index (κ1) is 20.1. The van der Waals surface area contributed by atoms with Gasteiger partial charge in [-0.05, 0) is 54.6 Å². The average molecular weight is 409 g/mol. The fourth-order valence-electron chi connectivity index (χ4n) is 2.58. The number of rotatable bonds is 5. The second-order valence-electron chi connectivity index (χ2n) is 6.12. The van der Waals surface area contributed by atoms with Crippen LogP contribution in [0.1, 0.15) is 27.6 Å². The molecule has 0 unspecified atom stereocenters. The molecular formula is C22H17ClN2O4. The Morgan fingerprint density at radius 1 is 0.759 bits per heavy atom. The minimum absolute atomic E-state index is 0.285. The van der Waals surface area contributed by atoms with Crippen molar-refractivity contribution < 1.29 is 19.1 Å².